The van der Waals surface area contributed by atoms with Crippen molar-refractivity contribution in [3.63, 3.8) is 0 Å². The summed E-state index contributed by atoms with van der Waals surface area (Å²) in [6, 6.07) is 4.92. The van der Waals surface area contributed by atoms with Crippen LogP contribution >= 0.6 is 11.6 Å². The number of rotatable bonds is 3. The van der Waals surface area contributed by atoms with Crippen LogP contribution in [-0.4, -0.2) is 36.0 Å². The van der Waals surface area contributed by atoms with Gasteiger partial charge in [0.2, 0.25) is 0 Å². The number of likely N-dealkylation sites (tertiary alicyclic amines) is 1. The molecule has 1 aromatic rings. The number of nitro groups is 1. The Morgan fingerprint density at radius 3 is 2.84 bits per heavy atom. The normalized spacial score (nSPS) is 24.2. The topological polar surface area (TPSA) is 58.4 Å². The van der Waals surface area contributed by atoms with Crippen molar-refractivity contribution in [1.29, 1.82) is 0 Å². The first-order chi connectivity index (χ1) is 8.97. The Labute approximate surface area is 117 Å². The van der Waals surface area contributed by atoms with Crippen LogP contribution in [0.1, 0.15) is 13.3 Å². The zero-order valence-corrected chi connectivity index (χ0v) is 11.9. The number of benzene rings is 1. The Hall–Kier alpha value is -1.33. The van der Waals surface area contributed by atoms with E-state index in [4.69, 9.17) is 11.6 Å². The first-order valence-electron chi connectivity index (χ1n) is 6.36. The fourth-order valence-electron chi connectivity index (χ4n) is 2.50. The van der Waals surface area contributed by atoms with Crippen LogP contribution < -0.4 is 5.32 Å². The number of halogens is 1. The summed E-state index contributed by atoms with van der Waals surface area (Å²) in [5.41, 5.74) is 0.792. The number of hydrogen-bond donors (Lipinski definition) is 1. The molecule has 2 rings (SSSR count). The first-order valence-corrected chi connectivity index (χ1v) is 6.74. The lowest BCUT2D eigenvalue weighted by atomic mass is 9.94. The minimum atomic E-state index is -0.437. The molecular weight excluding hydrogens is 266 g/mol. The molecule has 2 atom stereocenters. The van der Waals surface area contributed by atoms with Gasteiger partial charge < -0.3 is 10.2 Å². The van der Waals surface area contributed by atoms with Gasteiger partial charge in [-0.2, -0.15) is 0 Å². The average molecular weight is 284 g/mol. The SMILES string of the molecule is CC1CN(C)CCC1Nc1ccc([N+](=O)[O-])cc1Cl. The molecule has 0 aliphatic carbocycles. The van der Waals surface area contributed by atoms with Gasteiger partial charge in [0.25, 0.3) is 5.69 Å². The lowest BCUT2D eigenvalue weighted by molar-refractivity contribution is -0.384. The Bertz CT molecular complexity index is 481. The van der Waals surface area contributed by atoms with Crippen LogP contribution in [0.25, 0.3) is 0 Å². The molecular formula is C13H18ClN3O2. The van der Waals surface area contributed by atoms with E-state index < -0.39 is 4.92 Å². The van der Waals surface area contributed by atoms with Gasteiger partial charge in [-0.25, -0.2) is 0 Å². The van der Waals surface area contributed by atoms with Crippen LogP contribution in [0.5, 0.6) is 0 Å². The molecule has 0 spiro atoms. The van der Waals surface area contributed by atoms with Gasteiger partial charge in [0.1, 0.15) is 0 Å². The highest BCUT2D eigenvalue weighted by Crippen LogP contribution is 2.29. The minimum Gasteiger partial charge on any atom is -0.381 e. The highest BCUT2D eigenvalue weighted by Gasteiger charge is 2.24. The fraction of sp³-hybridized carbons (Fsp3) is 0.538. The first kappa shape index (κ1) is 14.1. The summed E-state index contributed by atoms with van der Waals surface area (Å²) in [5, 5.41) is 14.5. The summed E-state index contributed by atoms with van der Waals surface area (Å²) in [7, 11) is 2.12. The smallest absolute Gasteiger partial charge is 0.271 e. The van der Waals surface area contributed by atoms with E-state index in [1.54, 1.807) is 6.07 Å². The van der Waals surface area contributed by atoms with Crippen molar-refractivity contribution < 1.29 is 4.92 Å². The average Bonchev–Trinajstić information content (AvgIpc) is 2.34. The molecule has 0 aromatic heterocycles. The van der Waals surface area contributed by atoms with Gasteiger partial charge in [-0.1, -0.05) is 18.5 Å². The third-order valence-corrected chi connectivity index (χ3v) is 3.93. The second-order valence-corrected chi connectivity index (χ2v) is 5.61. The number of non-ortho nitro benzene ring substituents is 1. The summed E-state index contributed by atoms with van der Waals surface area (Å²) in [6.07, 6.45) is 1.05. The highest BCUT2D eigenvalue weighted by molar-refractivity contribution is 6.33. The Morgan fingerprint density at radius 1 is 1.53 bits per heavy atom. The maximum atomic E-state index is 10.7. The van der Waals surface area contributed by atoms with E-state index >= 15 is 0 Å². The van der Waals surface area contributed by atoms with Crippen molar-refractivity contribution in [2.75, 3.05) is 25.5 Å². The molecule has 5 nitrogen and oxygen atoms in total. The lowest BCUT2D eigenvalue weighted by Crippen LogP contribution is -2.43. The second-order valence-electron chi connectivity index (χ2n) is 5.20. The maximum absolute atomic E-state index is 10.7. The van der Waals surface area contributed by atoms with Crippen molar-refractivity contribution >= 4 is 23.0 Å². The van der Waals surface area contributed by atoms with Crippen molar-refractivity contribution in [3.8, 4) is 0 Å². The van der Waals surface area contributed by atoms with E-state index in [1.165, 1.54) is 12.1 Å². The molecule has 1 N–H and O–H groups in total. The summed E-state index contributed by atoms with van der Waals surface area (Å²) in [5.74, 6) is 0.519. The van der Waals surface area contributed by atoms with Crippen LogP contribution in [-0.2, 0) is 0 Å². The predicted octanol–water partition coefficient (Wildman–Crippen LogP) is 3.00. The van der Waals surface area contributed by atoms with Crippen LogP contribution in [0.4, 0.5) is 11.4 Å². The van der Waals surface area contributed by atoms with Gasteiger partial charge in [-0.15, -0.1) is 0 Å². The number of anilines is 1. The number of hydrogen-bond acceptors (Lipinski definition) is 4. The molecule has 0 bridgehead atoms. The molecule has 1 fully saturated rings. The second kappa shape index (κ2) is 5.75. The fourth-order valence-corrected chi connectivity index (χ4v) is 2.73. The van der Waals surface area contributed by atoms with Crippen LogP contribution in [0.2, 0.25) is 5.02 Å². The molecule has 0 amide bonds. The van der Waals surface area contributed by atoms with E-state index in [0.717, 1.165) is 25.2 Å². The summed E-state index contributed by atoms with van der Waals surface area (Å²) in [4.78, 5) is 12.5. The summed E-state index contributed by atoms with van der Waals surface area (Å²) >= 11 is 6.09. The molecule has 1 aromatic carbocycles. The van der Waals surface area contributed by atoms with Crippen molar-refractivity contribution in [1.82, 2.24) is 4.90 Å². The molecule has 1 aliphatic heterocycles. The van der Waals surface area contributed by atoms with Gasteiger partial charge in [0.05, 0.1) is 15.6 Å². The van der Waals surface area contributed by atoms with Gasteiger partial charge in [0, 0.05) is 24.7 Å². The third kappa shape index (κ3) is 3.36. The third-order valence-electron chi connectivity index (χ3n) is 3.61. The predicted molar refractivity (Wildman–Crippen MR) is 76.8 cm³/mol. The Morgan fingerprint density at radius 2 is 2.26 bits per heavy atom. The lowest BCUT2D eigenvalue weighted by Gasteiger charge is -2.35. The molecule has 2 unspecified atom stereocenters. The molecule has 1 heterocycles. The number of nitro benzene ring substituents is 1. The number of piperidine rings is 1. The zero-order chi connectivity index (χ0) is 14.0. The molecule has 19 heavy (non-hydrogen) atoms. The van der Waals surface area contributed by atoms with Crippen LogP contribution in [0, 0.1) is 16.0 Å². The van der Waals surface area contributed by atoms with Gasteiger partial charge >= 0.3 is 0 Å². The molecule has 104 valence electrons. The minimum absolute atomic E-state index is 0.0203. The Balaban J connectivity index is 2.09. The molecule has 1 aliphatic rings. The van der Waals surface area contributed by atoms with Crippen molar-refractivity contribution in [2.24, 2.45) is 5.92 Å². The van der Waals surface area contributed by atoms with E-state index in [0.29, 0.717) is 17.0 Å². The van der Waals surface area contributed by atoms with Crippen LogP contribution in [0.3, 0.4) is 0 Å². The van der Waals surface area contributed by atoms with E-state index in [-0.39, 0.29) is 5.69 Å². The molecule has 6 heteroatoms. The summed E-state index contributed by atoms with van der Waals surface area (Å²) in [6.45, 7) is 4.29. The maximum Gasteiger partial charge on any atom is 0.271 e. The summed E-state index contributed by atoms with van der Waals surface area (Å²) < 4.78 is 0. The zero-order valence-electron chi connectivity index (χ0n) is 11.1. The van der Waals surface area contributed by atoms with Gasteiger partial charge in [0.15, 0.2) is 0 Å². The molecule has 1 saturated heterocycles. The van der Waals surface area contributed by atoms with Crippen molar-refractivity contribution in [2.45, 2.75) is 19.4 Å². The quantitative estimate of drug-likeness (QED) is 0.684. The van der Waals surface area contributed by atoms with Gasteiger partial charge in [-0.3, -0.25) is 10.1 Å². The van der Waals surface area contributed by atoms with Gasteiger partial charge in [-0.05, 0) is 32.0 Å². The highest BCUT2D eigenvalue weighted by atomic mass is 35.5. The number of nitrogens with one attached hydrogen (secondary N) is 1. The largest absolute Gasteiger partial charge is 0.381 e. The monoisotopic (exact) mass is 283 g/mol. The van der Waals surface area contributed by atoms with Crippen molar-refractivity contribution in [3.05, 3.63) is 33.3 Å². The molecule has 0 saturated carbocycles. The van der Waals surface area contributed by atoms with Crippen LogP contribution in [0.15, 0.2) is 18.2 Å². The van der Waals surface area contributed by atoms with E-state index in [9.17, 15) is 10.1 Å². The Kier molecular flexibility index (Phi) is 4.27. The van der Waals surface area contributed by atoms with E-state index in [2.05, 4.69) is 24.2 Å². The number of nitrogens with zero attached hydrogens (tertiary/aromatic N) is 2. The van der Waals surface area contributed by atoms with E-state index in [1.807, 2.05) is 0 Å². The molecule has 0 radical (unpaired) electrons. The standard InChI is InChI=1S/C13H18ClN3O2/c1-9-8-16(2)6-5-12(9)15-13-4-3-10(17(18)19)7-11(13)14/h3-4,7,9,12,15H,5-6,8H2,1-2H3.